The summed E-state index contributed by atoms with van der Waals surface area (Å²) in [6.07, 6.45) is 9.58. The molecule has 0 saturated heterocycles. The van der Waals surface area contributed by atoms with Crippen LogP contribution in [0.25, 0.3) is 39.1 Å². The molecule has 5 aromatic heterocycles. The molecule has 1 aliphatic rings. The highest BCUT2D eigenvalue weighted by atomic mass is 32.1. The lowest BCUT2D eigenvalue weighted by Crippen LogP contribution is -2.01. The fourth-order valence-electron chi connectivity index (χ4n) is 4.20. The van der Waals surface area contributed by atoms with E-state index in [9.17, 15) is 5.11 Å². The monoisotopic (exact) mass is 452 g/mol. The van der Waals surface area contributed by atoms with E-state index in [2.05, 4.69) is 56.3 Å². The third-order valence-electron chi connectivity index (χ3n) is 5.78. The molecule has 0 unspecified atom stereocenters. The van der Waals surface area contributed by atoms with Crippen molar-refractivity contribution in [2.75, 3.05) is 0 Å². The van der Waals surface area contributed by atoms with Crippen LogP contribution in [0.5, 0.6) is 5.75 Å². The largest absolute Gasteiger partial charge is 0.506 e. The molecule has 0 aromatic carbocycles. The normalized spacial score (nSPS) is 13.5. The molecule has 8 heteroatoms. The Balaban J connectivity index is 1.48. The molecule has 0 fully saturated rings. The van der Waals surface area contributed by atoms with Gasteiger partial charge in [-0.2, -0.15) is 5.10 Å². The number of hydrogen-bond donors (Lipinski definition) is 4. The number of nitrogens with zero attached hydrogens (tertiary/aromatic N) is 3. The number of aryl methyl sites for hydroxylation is 1. The first-order valence-corrected chi connectivity index (χ1v) is 11.3. The summed E-state index contributed by atoms with van der Waals surface area (Å²) in [5.41, 5.74) is 14.4. The van der Waals surface area contributed by atoms with Crippen molar-refractivity contribution in [2.45, 2.75) is 13.3 Å². The van der Waals surface area contributed by atoms with Crippen molar-refractivity contribution in [1.29, 1.82) is 0 Å². The van der Waals surface area contributed by atoms with E-state index in [1.807, 2.05) is 12.1 Å². The number of rotatable bonds is 3. The van der Waals surface area contributed by atoms with Gasteiger partial charge in [0, 0.05) is 67.6 Å². The van der Waals surface area contributed by atoms with Crippen LogP contribution in [0.15, 0.2) is 66.8 Å². The van der Waals surface area contributed by atoms with Gasteiger partial charge in [0.15, 0.2) is 5.65 Å². The first-order chi connectivity index (χ1) is 16.0. The molecule has 0 bridgehead atoms. The number of nitrogens with two attached hydrogens (primary N) is 1. The zero-order valence-corrected chi connectivity index (χ0v) is 18.6. The molecule has 0 radical (unpaired) electrons. The highest BCUT2D eigenvalue weighted by Crippen LogP contribution is 2.37. The standard InChI is InChI=1S/C25H20N6OS/c1-13-2-5-23(33-13)18-4-3-16(26)8-21-19(18)9-22(29-21)24-20-7-15(11-28-25(20)31-30-24)14-6-17(32)12-27-10-14/h2-7,9-12,29,32H,8,26H2,1H3,(H,28,30,31). The summed E-state index contributed by atoms with van der Waals surface area (Å²) in [7, 11) is 0. The SMILES string of the molecule is Cc1ccc(C2=CC=C(N)Cc3[nH]c(-c4[nH]nc5ncc(-c6cncc(O)c6)cc45)cc32)s1. The van der Waals surface area contributed by atoms with Crippen molar-refractivity contribution < 1.29 is 5.11 Å². The minimum atomic E-state index is 0.113. The quantitative estimate of drug-likeness (QED) is 0.310. The number of thiophene rings is 1. The van der Waals surface area contributed by atoms with E-state index in [-0.39, 0.29) is 5.75 Å². The molecule has 0 saturated carbocycles. The minimum Gasteiger partial charge on any atom is -0.506 e. The average molecular weight is 453 g/mol. The van der Waals surface area contributed by atoms with Crippen LogP contribution in [0, 0.1) is 6.92 Å². The van der Waals surface area contributed by atoms with Crippen LogP contribution in [-0.4, -0.2) is 30.3 Å². The zero-order chi connectivity index (χ0) is 22.5. The smallest absolute Gasteiger partial charge is 0.181 e. The average Bonchev–Trinajstić information content (AvgIpc) is 3.50. The number of hydrogen-bond acceptors (Lipinski definition) is 6. The second-order valence-electron chi connectivity index (χ2n) is 8.11. The maximum absolute atomic E-state index is 9.81. The Morgan fingerprint density at radius 1 is 1.06 bits per heavy atom. The van der Waals surface area contributed by atoms with Crippen LogP contribution in [-0.2, 0) is 6.42 Å². The highest BCUT2D eigenvalue weighted by Gasteiger charge is 2.20. The predicted octanol–water partition coefficient (Wildman–Crippen LogP) is 4.92. The number of allylic oxidation sites excluding steroid dienone is 3. The number of aromatic hydroxyl groups is 1. The van der Waals surface area contributed by atoms with Crippen molar-refractivity contribution in [3.05, 3.63) is 87.8 Å². The zero-order valence-electron chi connectivity index (χ0n) is 17.8. The van der Waals surface area contributed by atoms with Gasteiger partial charge < -0.3 is 15.8 Å². The van der Waals surface area contributed by atoms with Crippen LogP contribution >= 0.6 is 11.3 Å². The number of pyridine rings is 2. The number of H-pyrrole nitrogens is 2. The van der Waals surface area contributed by atoms with E-state index in [0.717, 1.165) is 50.4 Å². The summed E-state index contributed by atoms with van der Waals surface area (Å²) in [5.74, 6) is 0.113. The van der Waals surface area contributed by atoms with Gasteiger partial charge in [-0.3, -0.25) is 10.1 Å². The molecule has 6 rings (SSSR count). The third kappa shape index (κ3) is 3.41. The minimum absolute atomic E-state index is 0.113. The van der Waals surface area contributed by atoms with Crippen molar-refractivity contribution in [3.63, 3.8) is 0 Å². The Labute approximate surface area is 193 Å². The molecular formula is C25H20N6OS. The molecule has 0 spiro atoms. The first-order valence-electron chi connectivity index (χ1n) is 10.5. The molecule has 7 nitrogen and oxygen atoms in total. The van der Waals surface area contributed by atoms with Gasteiger partial charge in [-0.15, -0.1) is 11.3 Å². The second kappa shape index (κ2) is 7.46. The Bertz CT molecular complexity index is 1590. The summed E-state index contributed by atoms with van der Waals surface area (Å²) >= 11 is 1.77. The van der Waals surface area contributed by atoms with E-state index < -0.39 is 0 Å². The summed E-state index contributed by atoms with van der Waals surface area (Å²) in [6, 6.07) is 10.1. The van der Waals surface area contributed by atoms with E-state index in [1.54, 1.807) is 29.8 Å². The lowest BCUT2D eigenvalue weighted by Gasteiger charge is -2.04. The Kier molecular flexibility index (Phi) is 4.41. The van der Waals surface area contributed by atoms with Gasteiger partial charge in [0.25, 0.3) is 0 Å². The van der Waals surface area contributed by atoms with Crippen molar-refractivity contribution in [1.82, 2.24) is 25.1 Å². The first kappa shape index (κ1) is 19.5. The van der Waals surface area contributed by atoms with Crippen LogP contribution < -0.4 is 5.73 Å². The fourth-order valence-corrected chi connectivity index (χ4v) is 5.10. The summed E-state index contributed by atoms with van der Waals surface area (Å²) in [4.78, 5) is 14.6. The number of fused-ring (bicyclic) bond motifs is 2. The molecule has 0 amide bonds. The molecule has 162 valence electrons. The summed E-state index contributed by atoms with van der Waals surface area (Å²) < 4.78 is 0. The molecule has 0 atom stereocenters. The second-order valence-corrected chi connectivity index (χ2v) is 9.40. The Hall–Kier alpha value is -4.17. The number of nitrogens with one attached hydrogen (secondary N) is 2. The summed E-state index contributed by atoms with van der Waals surface area (Å²) in [5, 5.41) is 18.2. The Morgan fingerprint density at radius 2 is 1.94 bits per heavy atom. The lowest BCUT2D eigenvalue weighted by molar-refractivity contribution is 0.473. The van der Waals surface area contributed by atoms with Crippen LogP contribution in [0.3, 0.4) is 0 Å². The van der Waals surface area contributed by atoms with E-state index in [1.165, 1.54) is 16.0 Å². The number of aromatic amines is 2. The van der Waals surface area contributed by atoms with Crippen LogP contribution in [0.4, 0.5) is 0 Å². The van der Waals surface area contributed by atoms with E-state index in [4.69, 9.17) is 5.73 Å². The van der Waals surface area contributed by atoms with Crippen molar-refractivity contribution >= 4 is 27.9 Å². The van der Waals surface area contributed by atoms with Gasteiger partial charge in [0.2, 0.25) is 0 Å². The molecule has 1 aliphatic carbocycles. The molecular weight excluding hydrogens is 432 g/mol. The maximum atomic E-state index is 9.81. The van der Waals surface area contributed by atoms with Crippen LogP contribution in [0.2, 0.25) is 0 Å². The van der Waals surface area contributed by atoms with Crippen molar-refractivity contribution in [3.8, 4) is 28.3 Å². The molecule has 0 aliphatic heterocycles. The van der Waals surface area contributed by atoms with E-state index >= 15 is 0 Å². The number of aromatic nitrogens is 5. The third-order valence-corrected chi connectivity index (χ3v) is 6.81. The summed E-state index contributed by atoms with van der Waals surface area (Å²) in [6.45, 7) is 2.11. The molecule has 5 heterocycles. The van der Waals surface area contributed by atoms with Gasteiger partial charge in [0.1, 0.15) is 5.75 Å². The van der Waals surface area contributed by atoms with Gasteiger partial charge >= 0.3 is 0 Å². The predicted molar refractivity (Wildman–Crippen MR) is 131 cm³/mol. The van der Waals surface area contributed by atoms with Gasteiger partial charge in [0.05, 0.1) is 17.6 Å². The van der Waals surface area contributed by atoms with E-state index in [0.29, 0.717) is 12.1 Å². The van der Waals surface area contributed by atoms with Crippen molar-refractivity contribution in [2.24, 2.45) is 5.73 Å². The van der Waals surface area contributed by atoms with Crippen LogP contribution in [0.1, 0.15) is 21.0 Å². The fraction of sp³-hybridized carbons (Fsp3) is 0.0800. The van der Waals surface area contributed by atoms with Gasteiger partial charge in [-0.25, -0.2) is 4.98 Å². The molecule has 5 aromatic rings. The van der Waals surface area contributed by atoms with Gasteiger partial charge in [-0.1, -0.05) is 6.08 Å². The van der Waals surface area contributed by atoms with Gasteiger partial charge in [-0.05, 0) is 43.3 Å². The molecule has 5 N–H and O–H groups in total. The topological polar surface area (TPSA) is 117 Å². The maximum Gasteiger partial charge on any atom is 0.181 e. The molecule has 33 heavy (non-hydrogen) atoms. The Morgan fingerprint density at radius 3 is 2.76 bits per heavy atom. The highest BCUT2D eigenvalue weighted by molar-refractivity contribution is 7.13. The lowest BCUT2D eigenvalue weighted by atomic mass is 10.0.